The highest BCUT2D eigenvalue weighted by Crippen LogP contribution is 2.18. The Balaban J connectivity index is 1.69. The molecule has 4 N–H and O–H groups in total. The molecule has 1 aromatic heterocycles. The molecule has 26 heavy (non-hydrogen) atoms. The van der Waals surface area contributed by atoms with Gasteiger partial charge in [-0.1, -0.05) is 13.8 Å². The van der Waals surface area contributed by atoms with Gasteiger partial charge in [-0.05, 0) is 37.6 Å². The largest absolute Gasteiger partial charge is 0.494 e. The van der Waals surface area contributed by atoms with Crippen molar-refractivity contribution in [1.29, 1.82) is 0 Å². The van der Waals surface area contributed by atoms with E-state index in [0.29, 0.717) is 12.6 Å². The molecular formula is C19H29N6O+. The monoisotopic (exact) mass is 357 g/mol. The Hall–Kier alpha value is -2.41. The molecule has 3 rings (SSSR count). The van der Waals surface area contributed by atoms with Crippen LogP contribution < -0.4 is 20.7 Å². The molecule has 1 unspecified atom stereocenters. The normalized spacial score (nSPS) is 22.8. The third-order valence-electron chi connectivity index (χ3n) is 4.61. The zero-order valence-corrected chi connectivity index (χ0v) is 15.8. The lowest BCUT2D eigenvalue weighted by Gasteiger charge is -2.31. The van der Waals surface area contributed by atoms with Crippen LogP contribution >= 0.6 is 0 Å². The van der Waals surface area contributed by atoms with Crippen molar-refractivity contribution in [3.63, 3.8) is 0 Å². The summed E-state index contributed by atoms with van der Waals surface area (Å²) < 4.78 is 5.46. The highest BCUT2D eigenvalue weighted by Gasteiger charge is 2.26. The number of nitrogens with one attached hydrogen (secondary N) is 2. The molecule has 7 heteroatoms. The van der Waals surface area contributed by atoms with Crippen LogP contribution in [0.3, 0.4) is 0 Å². The van der Waals surface area contributed by atoms with Crippen LogP contribution in [0, 0.1) is 11.8 Å². The Labute approximate surface area is 155 Å². The number of anilines is 3. The molecular weight excluding hydrogens is 328 g/mol. The molecule has 0 saturated carbocycles. The first-order chi connectivity index (χ1) is 12.5. The standard InChI is InChI=1S/C19H28N6O/c1-4-26-16-7-5-15(6-8-16)21-19-23-17(22-18(20)24-19)12-25-10-13(2)9-14(3)11-25/h5-8,13-14H,4,9-12H2,1-3H3,(H3,20,21,22,23,24)/p+1/t13-,14+. The van der Waals surface area contributed by atoms with Gasteiger partial charge in [-0.15, -0.1) is 0 Å². The number of piperidine rings is 1. The van der Waals surface area contributed by atoms with Gasteiger partial charge in [0.2, 0.25) is 11.9 Å². The molecule has 1 aliphatic rings. The number of nitrogens with zero attached hydrogens (tertiary/aromatic N) is 3. The number of benzene rings is 1. The Morgan fingerprint density at radius 3 is 2.46 bits per heavy atom. The number of nitrogens with two attached hydrogens (primary N) is 1. The lowest BCUT2D eigenvalue weighted by Crippen LogP contribution is -3.13. The summed E-state index contributed by atoms with van der Waals surface area (Å²) in [6.07, 6.45) is 1.30. The summed E-state index contributed by atoms with van der Waals surface area (Å²) in [7, 11) is 0. The van der Waals surface area contributed by atoms with Crippen molar-refractivity contribution >= 4 is 17.6 Å². The van der Waals surface area contributed by atoms with Crippen molar-refractivity contribution in [3.8, 4) is 5.75 Å². The topological polar surface area (TPSA) is 90.4 Å². The first-order valence-electron chi connectivity index (χ1n) is 9.35. The van der Waals surface area contributed by atoms with E-state index in [2.05, 4.69) is 34.1 Å². The molecule has 1 fully saturated rings. The van der Waals surface area contributed by atoms with E-state index in [4.69, 9.17) is 10.5 Å². The van der Waals surface area contributed by atoms with Gasteiger partial charge in [0.1, 0.15) is 12.3 Å². The minimum absolute atomic E-state index is 0.251. The van der Waals surface area contributed by atoms with E-state index < -0.39 is 0 Å². The lowest BCUT2D eigenvalue weighted by molar-refractivity contribution is -0.926. The number of rotatable bonds is 6. The molecule has 2 heterocycles. The van der Waals surface area contributed by atoms with Crippen molar-refractivity contribution in [1.82, 2.24) is 15.0 Å². The highest BCUT2D eigenvalue weighted by molar-refractivity contribution is 5.55. The van der Waals surface area contributed by atoms with Gasteiger partial charge in [0.05, 0.1) is 19.7 Å². The molecule has 0 bridgehead atoms. The Bertz CT molecular complexity index is 710. The molecule has 2 aromatic rings. The first kappa shape index (κ1) is 18.4. The predicted molar refractivity (Wildman–Crippen MR) is 102 cm³/mol. The summed E-state index contributed by atoms with van der Waals surface area (Å²) in [5, 5.41) is 3.20. The van der Waals surface area contributed by atoms with Crippen molar-refractivity contribution in [2.75, 3.05) is 30.7 Å². The number of hydrogen-bond donors (Lipinski definition) is 3. The van der Waals surface area contributed by atoms with Gasteiger partial charge in [0.15, 0.2) is 5.82 Å². The van der Waals surface area contributed by atoms with Crippen LogP contribution in [0.5, 0.6) is 5.75 Å². The molecule has 1 saturated heterocycles. The Morgan fingerprint density at radius 2 is 1.81 bits per heavy atom. The number of quaternary nitrogens is 1. The molecule has 1 aromatic carbocycles. The average Bonchev–Trinajstić information content (AvgIpc) is 2.55. The van der Waals surface area contributed by atoms with E-state index in [1.54, 1.807) is 0 Å². The van der Waals surface area contributed by atoms with E-state index in [-0.39, 0.29) is 5.95 Å². The summed E-state index contributed by atoms with van der Waals surface area (Å²) >= 11 is 0. The fourth-order valence-electron chi connectivity index (χ4n) is 3.79. The summed E-state index contributed by atoms with van der Waals surface area (Å²) in [6.45, 7) is 10.3. The smallest absolute Gasteiger partial charge is 0.232 e. The number of ether oxygens (including phenoxy) is 1. The number of likely N-dealkylation sites (tertiary alicyclic amines) is 1. The van der Waals surface area contributed by atoms with Crippen LogP contribution in [0.15, 0.2) is 24.3 Å². The maximum atomic E-state index is 5.90. The Morgan fingerprint density at radius 1 is 1.12 bits per heavy atom. The summed E-state index contributed by atoms with van der Waals surface area (Å²) in [5.41, 5.74) is 6.79. The SMILES string of the molecule is CCOc1ccc(Nc2nc(N)nc(C[NH+]3C[C@H](C)C[C@H](C)C3)n2)cc1. The Kier molecular flexibility index (Phi) is 5.88. The molecule has 0 amide bonds. The number of aromatic nitrogens is 3. The van der Waals surface area contributed by atoms with Crippen LogP contribution in [0.4, 0.5) is 17.6 Å². The predicted octanol–water partition coefficient (Wildman–Crippen LogP) is 1.66. The van der Waals surface area contributed by atoms with Gasteiger partial charge >= 0.3 is 0 Å². The summed E-state index contributed by atoms with van der Waals surface area (Å²) in [6, 6.07) is 7.70. The molecule has 1 aliphatic heterocycles. The quantitative estimate of drug-likeness (QED) is 0.728. The molecule has 0 spiro atoms. The fourth-order valence-corrected chi connectivity index (χ4v) is 3.79. The van der Waals surface area contributed by atoms with Crippen LogP contribution in [0.1, 0.15) is 33.0 Å². The van der Waals surface area contributed by atoms with Gasteiger partial charge in [0.25, 0.3) is 0 Å². The van der Waals surface area contributed by atoms with E-state index in [0.717, 1.165) is 48.7 Å². The summed E-state index contributed by atoms with van der Waals surface area (Å²) in [5.74, 6) is 3.77. The minimum atomic E-state index is 0.251. The van der Waals surface area contributed by atoms with Crippen molar-refractivity contribution < 1.29 is 9.64 Å². The second-order valence-electron chi connectivity index (χ2n) is 7.30. The van der Waals surface area contributed by atoms with Crippen LogP contribution in [0.2, 0.25) is 0 Å². The van der Waals surface area contributed by atoms with Gasteiger partial charge in [0, 0.05) is 17.5 Å². The molecule has 0 aliphatic carbocycles. The van der Waals surface area contributed by atoms with Gasteiger partial charge < -0.3 is 20.7 Å². The van der Waals surface area contributed by atoms with E-state index in [1.165, 1.54) is 11.3 Å². The maximum absolute atomic E-state index is 5.90. The van der Waals surface area contributed by atoms with Gasteiger partial charge in [-0.25, -0.2) is 0 Å². The second kappa shape index (κ2) is 8.31. The van der Waals surface area contributed by atoms with Gasteiger partial charge in [-0.2, -0.15) is 15.0 Å². The highest BCUT2D eigenvalue weighted by atomic mass is 16.5. The number of hydrogen-bond acceptors (Lipinski definition) is 6. The van der Waals surface area contributed by atoms with E-state index in [1.807, 2.05) is 31.2 Å². The fraction of sp³-hybridized carbons (Fsp3) is 0.526. The molecule has 0 radical (unpaired) electrons. The third kappa shape index (κ3) is 5.05. The lowest BCUT2D eigenvalue weighted by atomic mass is 9.92. The van der Waals surface area contributed by atoms with Crippen LogP contribution in [-0.4, -0.2) is 34.6 Å². The zero-order valence-electron chi connectivity index (χ0n) is 15.8. The van der Waals surface area contributed by atoms with E-state index in [9.17, 15) is 0 Å². The van der Waals surface area contributed by atoms with Crippen LogP contribution in [0.25, 0.3) is 0 Å². The van der Waals surface area contributed by atoms with E-state index >= 15 is 0 Å². The molecule has 3 atom stereocenters. The average molecular weight is 357 g/mol. The van der Waals surface area contributed by atoms with Crippen molar-refractivity contribution in [2.45, 2.75) is 33.7 Å². The summed E-state index contributed by atoms with van der Waals surface area (Å²) in [4.78, 5) is 14.6. The van der Waals surface area contributed by atoms with Crippen LogP contribution in [-0.2, 0) is 6.54 Å². The number of nitrogen functional groups attached to an aromatic ring is 1. The third-order valence-corrected chi connectivity index (χ3v) is 4.61. The first-order valence-corrected chi connectivity index (χ1v) is 9.35. The molecule has 7 nitrogen and oxygen atoms in total. The minimum Gasteiger partial charge on any atom is -0.494 e. The van der Waals surface area contributed by atoms with Crippen molar-refractivity contribution in [3.05, 3.63) is 30.1 Å². The molecule has 140 valence electrons. The zero-order chi connectivity index (χ0) is 18.5. The maximum Gasteiger partial charge on any atom is 0.232 e. The van der Waals surface area contributed by atoms with Crippen molar-refractivity contribution in [2.24, 2.45) is 11.8 Å². The van der Waals surface area contributed by atoms with Gasteiger partial charge in [-0.3, -0.25) is 0 Å². The second-order valence-corrected chi connectivity index (χ2v) is 7.30.